The molecule has 0 unspecified atom stereocenters. The summed E-state index contributed by atoms with van der Waals surface area (Å²) in [5.74, 6) is 4.85. The van der Waals surface area contributed by atoms with Crippen LogP contribution in [-0.4, -0.2) is 6.61 Å². The smallest absolute Gasteiger partial charge is 0.0864 e. The fourth-order valence-electron chi connectivity index (χ4n) is 0.867. The Labute approximate surface area is 86.9 Å². The molecule has 0 aliphatic carbocycles. The topological polar surface area (TPSA) is 35.2 Å². The Morgan fingerprint density at radius 3 is 2.77 bits per heavy atom. The van der Waals surface area contributed by atoms with E-state index < -0.39 is 0 Å². The molecule has 13 heavy (non-hydrogen) atoms. The predicted octanol–water partition coefficient (Wildman–Crippen LogP) is 2.90. The number of hydrogen-bond acceptors (Lipinski definition) is 2. The van der Waals surface area contributed by atoms with Crippen molar-refractivity contribution in [1.82, 2.24) is 0 Å². The second-order valence-corrected chi connectivity index (χ2v) is 3.25. The minimum Gasteiger partial charge on any atom is -0.300 e. The molecular formula is C9H9Cl2NO. The molecule has 0 amide bonds. The highest BCUT2D eigenvalue weighted by Gasteiger charge is 1.96. The zero-order valence-corrected chi connectivity index (χ0v) is 8.35. The second kappa shape index (κ2) is 5.25. The Hall–Kier alpha value is -0.540. The first-order valence-corrected chi connectivity index (χ1v) is 4.43. The van der Waals surface area contributed by atoms with Gasteiger partial charge in [0, 0.05) is 10.0 Å². The summed E-state index contributed by atoms with van der Waals surface area (Å²) in [6.45, 7) is 0.360. The molecule has 0 atom stereocenters. The van der Waals surface area contributed by atoms with Crippen LogP contribution >= 0.6 is 23.2 Å². The lowest BCUT2D eigenvalue weighted by Gasteiger charge is -1.98. The summed E-state index contributed by atoms with van der Waals surface area (Å²) in [5, 5.41) is 1.23. The van der Waals surface area contributed by atoms with Crippen LogP contribution in [-0.2, 0) is 4.84 Å². The van der Waals surface area contributed by atoms with E-state index in [0.29, 0.717) is 16.7 Å². The van der Waals surface area contributed by atoms with Gasteiger partial charge in [-0.25, -0.2) is 5.90 Å². The summed E-state index contributed by atoms with van der Waals surface area (Å²) >= 11 is 11.6. The van der Waals surface area contributed by atoms with Gasteiger partial charge in [-0.2, -0.15) is 0 Å². The average Bonchev–Trinajstić information content (AvgIpc) is 2.09. The lowest BCUT2D eigenvalue weighted by Crippen LogP contribution is -1.96. The van der Waals surface area contributed by atoms with Gasteiger partial charge in [-0.3, -0.25) is 0 Å². The minimum absolute atomic E-state index is 0.360. The minimum atomic E-state index is 0.360. The van der Waals surface area contributed by atoms with Gasteiger partial charge in [-0.15, -0.1) is 0 Å². The standard InChI is InChI=1S/C9H9Cl2NO/c10-8-4-3-7(9(11)6-8)2-1-5-13-12/h1-4,6H,5,12H2/b2-1+. The van der Waals surface area contributed by atoms with E-state index in [4.69, 9.17) is 29.1 Å². The number of hydrogen-bond donors (Lipinski definition) is 1. The SMILES string of the molecule is NOC/C=C/c1ccc(Cl)cc1Cl. The Morgan fingerprint density at radius 1 is 1.38 bits per heavy atom. The number of benzene rings is 1. The molecule has 0 heterocycles. The highest BCUT2D eigenvalue weighted by Crippen LogP contribution is 2.21. The number of nitrogens with two attached hydrogens (primary N) is 1. The Balaban J connectivity index is 2.77. The van der Waals surface area contributed by atoms with Crippen LogP contribution in [0.5, 0.6) is 0 Å². The van der Waals surface area contributed by atoms with E-state index in [1.807, 2.05) is 12.1 Å². The van der Waals surface area contributed by atoms with Crippen molar-refractivity contribution in [3.8, 4) is 0 Å². The third-order valence-corrected chi connectivity index (χ3v) is 2.01. The van der Waals surface area contributed by atoms with E-state index in [1.54, 1.807) is 18.2 Å². The van der Waals surface area contributed by atoms with Crippen LogP contribution < -0.4 is 5.90 Å². The molecule has 2 nitrogen and oxygen atoms in total. The molecule has 0 aromatic heterocycles. The van der Waals surface area contributed by atoms with E-state index in [-0.39, 0.29) is 0 Å². The zero-order chi connectivity index (χ0) is 9.68. The summed E-state index contributed by atoms with van der Waals surface area (Å²) in [5.41, 5.74) is 0.892. The van der Waals surface area contributed by atoms with Crippen molar-refractivity contribution < 1.29 is 4.84 Å². The van der Waals surface area contributed by atoms with E-state index >= 15 is 0 Å². The number of rotatable bonds is 3. The summed E-state index contributed by atoms with van der Waals surface area (Å²) in [4.78, 5) is 4.37. The summed E-state index contributed by atoms with van der Waals surface area (Å²) in [6, 6.07) is 5.29. The quantitative estimate of drug-likeness (QED) is 0.791. The van der Waals surface area contributed by atoms with Crippen molar-refractivity contribution in [2.24, 2.45) is 5.90 Å². The molecule has 0 bridgehead atoms. The highest BCUT2D eigenvalue weighted by molar-refractivity contribution is 6.35. The first kappa shape index (κ1) is 10.5. The maximum absolute atomic E-state index is 5.90. The summed E-state index contributed by atoms with van der Waals surface area (Å²) in [7, 11) is 0. The molecule has 0 aliphatic heterocycles. The molecule has 70 valence electrons. The lowest BCUT2D eigenvalue weighted by atomic mass is 10.2. The maximum Gasteiger partial charge on any atom is 0.0864 e. The van der Waals surface area contributed by atoms with Gasteiger partial charge in [0.2, 0.25) is 0 Å². The molecule has 0 saturated heterocycles. The monoisotopic (exact) mass is 217 g/mol. The molecule has 1 rings (SSSR count). The van der Waals surface area contributed by atoms with Gasteiger partial charge < -0.3 is 4.84 Å². The first-order chi connectivity index (χ1) is 6.24. The summed E-state index contributed by atoms with van der Waals surface area (Å²) in [6.07, 6.45) is 3.60. The van der Waals surface area contributed by atoms with Crippen molar-refractivity contribution in [3.05, 3.63) is 39.9 Å². The predicted molar refractivity (Wildman–Crippen MR) is 55.6 cm³/mol. The normalized spacial score (nSPS) is 11.0. The van der Waals surface area contributed by atoms with Gasteiger partial charge in [0.25, 0.3) is 0 Å². The van der Waals surface area contributed by atoms with Gasteiger partial charge in [-0.05, 0) is 17.7 Å². The van der Waals surface area contributed by atoms with Crippen LogP contribution in [0.3, 0.4) is 0 Å². The van der Waals surface area contributed by atoms with Crippen LogP contribution in [0.2, 0.25) is 10.0 Å². The van der Waals surface area contributed by atoms with Gasteiger partial charge in [-0.1, -0.05) is 41.4 Å². The second-order valence-electron chi connectivity index (χ2n) is 2.40. The Bertz CT molecular complexity index is 312. The fourth-order valence-corrected chi connectivity index (χ4v) is 1.34. The van der Waals surface area contributed by atoms with E-state index in [2.05, 4.69) is 4.84 Å². The van der Waals surface area contributed by atoms with Crippen molar-refractivity contribution in [1.29, 1.82) is 0 Å². The van der Waals surface area contributed by atoms with Crippen molar-refractivity contribution in [3.63, 3.8) is 0 Å². The fraction of sp³-hybridized carbons (Fsp3) is 0.111. The molecule has 4 heteroatoms. The Kier molecular flexibility index (Phi) is 4.25. The number of halogens is 2. The van der Waals surface area contributed by atoms with Crippen molar-refractivity contribution in [2.75, 3.05) is 6.61 Å². The van der Waals surface area contributed by atoms with Crippen molar-refractivity contribution >= 4 is 29.3 Å². The lowest BCUT2D eigenvalue weighted by molar-refractivity contribution is 0.168. The van der Waals surface area contributed by atoms with E-state index in [1.165, 1.54) is 0 Å². The van der Waals surface area contributed by atoms with Crippen LogP contribution in [0.25, 0.3) is 6.08 Å². The van der Waals surface area contributed by atoms with E-state index in [0.717, 1.165) is 5.56 Å². The van der Waals surface area contributed by atoms with Crippen LogP contribution in [0.15, 0.2) is 24.3 Å². The van der Waals surface area contributed by atoms with Gasteiger partial charge in [0.05, 0.1) is 6.61 Å². The van der Waals surface area contributed by atoms with Gasteiger partial charge in [0.1, 0.15) is 0 Å². The molecule has 0 saturated carbocycles. The maximum atomic E-state index is 5.90. The molecule has 1 aromatic rings. The molecular weight excluding hydrogens is 209 g/mol. The highest BCUT2D eigenvalue weighted by atomic mass is 35.5. The largest absolute Gasteiger partial charge is 0.300 e. The third kappa shape index (κ3) is 3.36. The van der Waals surface area contributed by atoms with E-state index in [9.17, 15) is 0 Å². The Morgan fingerprint density at radius 2 is 2.15 bits per heavy atom. The van der Waals surface area contributed by atoms with Crippen LogP contribution in [0, 0.1) is 0 Å². The van der Waals surface area contributed by atoms with Gasteiger partial charge in [0.15, 0.2) is 0 Å². The van der Waals surface area contributed by atoms with Crippen LogP contribution in [0.1, 0.15) is 5.56 Å². The molecule has 1 aromatic carbocycles. The van der Waals surface area contributed by atoms with Gasteiger partial charge >= 0.3 is 0 Å². The molecule has 0 radical (unpaired) electrons. The average molecular weight is 218 g/mol. The molecule has 0 aliphatic rings. The van der Waals surface area contributed by atoms with Crippen LogP contribution in [0.4, 0.5) is 0 Å². The molecule has 0 spiro atoms. The molecule has 2 N–H and O–H groups in total. The zero-order valence-electron chi connectivity index (χ0n) is 6.84. The summed E-state index contributed by atoms with van der Waals surface area (Å²) < 4.78 is 0. The molecule has 0 fully saturated rings. The third-order valence-electron chi connectivity index (χ3n) is 1.45. The van der Waals surface area contributed by atoms with Crippen molar-refractivity contribution in [2.45, 2.75) is 0 Å². The first-order valence-electron chi connectivity index (χ1n) is 3.67.